The molecular formula is C15H18ClNO3. The standard InChI is InChI=1S/C15H18ClNO3/c1-10-4-3-5-12(13(10)16)14(18)17-8-6-11(7-9-17)15(19)20-2/h3-5,11H,6-9H2,1-2H3. The van der Waals surface area contributed by atoms with Crippen LogP contribution in [0.25, 0.3) is 0 Å². The minimum absolute atomic E-state index is 0.0676. The van der Waals surface area contributed by atoms with Crippen LogP contribution in [0.3, 0.4) is 0 Å². The van der Waals surface area contributed by atoms with E-state index in [1.807, 2.05) is 19.1 Å². The number of ether oxygens (including phenoxy) is 1. The van der Waals surface area contributed by atoms with Gasteiger partial charge in [-0.3, -0.25) is 9.59 Å². The van der Waals surface area contributed by atoms with Crippen molar-refractivity contribution in [1.29, 1.82) is 0 Å². The van der Waals surface area contributed by atoms with E-state index in [1.165, 1.54) is 7.11 Å². The second kappa shape index (κ2) is 6.27. The summed E-state index contributed by atoms with van der Waals surface area (Å²) < 4.78 is 4.74. The number of nitrogens with zero attached hydrogens (tertiary/aromatic N) is 1. The van der Waals surface area contributed by atoms with Gasteiger partial charge >= 0.3 is 5.97 Å². The molecule has 0 spiro atoms. The average Bonchev–Trinajstić information content (AvgIpc) is 2.48. The normalized spacial score (nSPS) is 16.1. The van der Waals surface area contributed by atoms with Gasteiger partial charge in [0.15, 0.2) is 0 Å². The smallest absolute Gasteiger partial charge is 0.308 e. The molecule has 1 aliphatic rings. The minimum atomic E-state index is -0.189. The van der Waals surface area contributed by atoms with Crippen LogP contribution in [0.4, 0.5) is 0 Å². The van der Waals surface area contributed by atoms with Gasteiger partial charge < -0.3 is 9.64 Å². The quantitative estimate of drug-likeness (QED) is 0.788. The Labute approximate surface area is 123 Å². The Kier molecular flexibility index (Phi) is 4.65. The summed E-state index contributed by atoms with van der Waals surface area (Å²) in [5.41, 5.74) is 1.42. The molecule has 0 radical (unpaired) electrons. The van der Waals surface area contributed by atoms with Crippen LogP contribution < -0.4 is 0 Å². The monoisotopic (exact) mass is 295 g/mol. The zero-order valence-corrected chi connectivity index (χ0v) is 12.4. The first kappa shape index (κ1) is 14.9. The first-order valence-corrected chi connectivity index (χ1v) is 7.04. The molecule has 1 fully saturated rings. The first-order chi connectivity index (χ1) is 9.54. The third-order valence-corrected chi connectivity index (χ3v) is 4.24. The predicted octanol–water partition coefficient (Wildman–Crippen LogP) is 2.67. The first-order valence-electron chi connectivity index (χ1n) is 6.66. The third-order valence-electron chi connectivity index (χ3n) is 3.74. The molecule has 1 aliphatic heterocycles. The molecule has 0 unspecified atom stereocenters. The Morgan fingerprint density at radius 2 is 1.95 bits per heavy atom. The summed E-state index contributed by atoms with van der Waals surface area (Å²) in [5, 5.41) is 0.507. The van der Waals surface area contributed by atoms with Crippen molar-refractivity contribution in [3.05, 3.63) is 34.3 Å². The van der Waals surface area contributed by atoms with Crippen molar-refractivity contribution in [1.82, 2.24) is 4.90 Å². The highest BCUT2D eigenvalue weighted by atomic mass is 35.5. The number of aryl methyl sites for hydroxylation is 1. The fourth-order valence-corrected chi connectivity index (χ4v) is 2.67. The van der Waals surface area contributed by atoms with Gasteiger partial charge in [0.05, 0.1) is 23.6 Å². The number of likely N-dealkylation sites (tertiary alicyclic amines) is 1. The maximum Gasteiger partial charge on any atom is 0.308 e. The van der Waals surface area contributed by atoms with E-state index in [0.717, 1.165) is 5.56 Å². The molecule has 5 heteroatoms. The molecule has 2 rings (SSSR count). The Bertz CT molecular complexity index is 522. The lowest BCUT2D eigenvalue weighted by molar-refractivity contribution is -0.146. The SMILES string of the molecule is COC(=O)C1CCN(C(=O)c2cccc(C)c2Cl)CC1. The fraction of sp³-hybridized carbons (Fsp3) is 0.467. The predicted molar refractivity (Wildman–Crippen MR) is 76.8 cm³/mol. The van der Waals surface area contributed by atoms with Crippen molar-refractivity contribution >= 4 is 23.5 Å². The van der Waals surface area contributed by atoms with Gasteiger partial charge in [0.1, 0.15) is 0 Å². The molecule has 108 valence electrons. The average molecular weight is 296 g/mol. The van der Waals surface area contributed by atoms with Crippen LogP contribution in [0.1, 0.15) is 28.8 Å². The summed E-state index contributed by atoms with van der Waals surface area (Å²) in [6, 6.07) is 5.45. The van der Waals surface area contributed by atoms with E-state index in [1.54, 1.807) is 11.0 Å². The van der Waals surface area contributed by atoms with E-state index in [-0.39, 0.29) is 17.8 Å². The van der Waals surface area contributed by atoms with Gasteiger partial charge in [0, 0.05) is 13.1 Å². The van der Waals surface area contributed by atoms with Gasteiger partial charge in [-0.05, 0) is 31.4 Å². The summed E-state index contributed by atoms with van der Waals surface area (Å²) in [5.74, 6) is -0.357. The zero-order valence-electron chi connectivity index (χ0n) is 11.7. The van der Waals surface area contributed by atoms with E-state index < -0.39 is 0 Å². The molecule has 20 heavy (non-hydrogen) atoms. The van der Waals surface area contributed by atoms with E-state index in [4.69, 9.17) is 16.3 Å². The van der Waals surface area contributed by atoms with Gasteiger partial charge in [-0.1, -0.05) is 23.7 Å². The second-order valence-electron chi connectivity index (χ2n) is 5.03. The second-order valence-corrected chi connectivity index (χ2v) is 5.40. The van der Waals surface area contributed by atoms with E-state index in [0.29, 0.717) is 36.5 Å². The van der Waals surface area contributed by atoms with Gasteiger partial charge in [0.2, 0.25) is 0 Å². The molecule has 0 atom stereocenters. The van der Waals surface area contributed by atoms with Crippen LogP contribution >= 0.6 is 11.6 Å². The number of hydrogen-bond donors (Lipinski definition) is 0. The lowest BCUT2D eigenvalue weighted by atomic mass is 9.96. The highest BCUT2D eigenvalue weighted by Gasteiger charge is 2.29. The van der Waals surface area contributed by atoms with Crippen molar-refractivity contribution in [2.24, 2.45) is 5.92 Å². The molecule has 4 nitrogen and oxygen atoms in total. The maximum atomic E-state index is 12.4. The zero-order chi connectivity index (χ0) is 14.7. The summed E-state index contributed by atoms with van der Waals surface area (Å²) in [6.45, 7) is 2.99. The number of benzene rings is 1. The molecule has 1 aromatic carbocycles. The number of amides is 1. The van der Waals surface area contributed by atoms with Gasteiger partial charge in [0.25, 0.3) is 5.91 Å². The molecule has 0 bridgehead atoms. The van der Waals surface area contributed by atoms with Crippen LogP contribution in [-0.2, 0) is 9.53 Å². The molecule has 0 aliphatic carbocycles. The van der Waals surface area contributed by atoms with Gasteiger partial charge in [-0.2, -0.15) is 0 Å². The van der Waals surface area contributed by atoms with Crippen LogP contribution in [0.15, 0.2) is 18.2 Å². The summed E-state index contributed by atoms with van der Waals surface area (Å²) in [6.07, 6.45) is 1.28. The van der Waals surface area contributed by atoms with Crippen molar-refractivity contribution in [3.63, 3.8) is 0 Å². The number of halogens is 1. The summed E-state index contributed by atoms with van der Waals surface area (Å²) in [4.78, 5) is 25.7. The van der Waals surface area contributed by atoms with Crippen LogP contribution in [-0.4, -0.2) is 37.0 Å². The van der Waals surface area contributed by atoms with Gasteiger partial charge in [-0.25, -0.2) is 0 Å². The van der Waals surface area contributed by atoms with Crippen molar-refractivity contribution in [2.75, 3.05) is 20.2 Å². The molecular weight excluding hydrogens is 278 g/mol. The molecule has 1 amide bonds. The number of carbonyl (C=O) groups excluding carboxylic acids is 2. The molecule has 1 heterocycles. The largest absolute Gasteiger partial charge is 0.469 e. The van der Waals surface area contributed by atoms with Crippen molar-refractivity contribution < 1.29 is 14.3 Å². The number of carbonyl (C=O) groups is 2. The number of methoxy groups -OCH3 is 1. The number of hydrogen-bond acceptors (Lipinski definition) is 3. The van der Waals surface area contributed by atoms with Crippen LogP contribution in [0, 0.1) is 12.8 Å². The Morgan fingerprint density at radius 1 is 1.30 bits per heavy atom. The number of esters is 1. The molecule has 1 aromatic rings. The van der Waals surface area contributed by atoms with Crippen LogP contribution in [0.5, 0.6) is 0 Å². The highest BCUT2D eigenvalue weighted by Crippen LogP contribution is 2.25. The van der Waals surface area contributed by atoms with Crippen molar-refractivity contribution in [2.45, 2.75) is 19.8 Å². The van der Waals surface area contributed by atoms with E-state index >= 15 is 0 Å². The molecule has 0 aromatic heterocycles. The summed E-state index contributed by atoms with van der Waals surface area (Å²) in [7, 11) is 1.40. The Hall–Kier alpha value is -1.55. The van der Waals surface area contributed by atoms with Crippen LogP contribution in [0.2, 0.25) is 5.02 Å². The molecule has 1 saturated heterocycles. The number of piperidine rings is 1. The minimum Gasteiger partial charge on any atom is -0.469 e. The lowest BCUT2D eigenvalue weighted by Gasteiger charge is -2.31. The van der Waals surface area contributed by atoms with E-state index in [2.05, 4.69) is 0 Å². The fourth-order valence-electron chi connectivity index (χ4n) is 2.47. The molecule has 0 saturated carbocycles. The molecule has 0 N–H and O–H groups in total. The Balaban J connectivity index is 2.05. The summed E-state index contributed by atoms with van der Waals surface area (Å²) >= 11 is 6.19. The van der Waals surface area contributed by atoms with E-state index in [9.17, 15) is 9.59 Å². The number of rotatable bonds is 2. The Morgan fingerprint density at radius 3 is 2.55 bits per heavy atom. The van der Waals surface area contributed by atoms with Gasteiger partial charge in [-0.15, -0.1) is 0 Å². The maximum absolute atomic E-state index is 12.4. The highest BCUT2D eigenvalue weighted by molar-refractivity contribution is 6.34. The topological polar surface area (TPSA) is 46.6 Å². The lowest BCUT2D eigenvalue weighted by Crippen LogP contribution is -2.40. The van der Waals surface area contributed by atoms with Crippen molar-refractivity contribution in [3.8, 4) is 0 Å². The third kappa shape index (κ3) is 2.96.